The van der Waals surface area contributed by atoms with Gasteiger partial charge in [-0.1, -0.05) is 0 Å². The SMILES string of the molecule is CSc1ccc(Oc2ccncc2CNC(C)(C)C)cc1. The van der Waals surface area contributed by atoms with Crippen molar-refractivity contribution in [2.75, 3.05) is 6.26 Å². The first-order valence-corrected chi connectivity index (χ1v) is 8.20. The molecule has 0 fully saturated rings. The molecular formula is C17H22N2OS. The molecule has 2 rings (SSSR count). The summed E-state index contributed by atoms with van der Waals surface area (Å²) < 4.78 is 5.98. The highest BCUT2D eigenvalue weighted by atomic mass is 32.2. The molecule has 3 nitrogen and oxygen atoms in total. The van der Waals surface area contributed by atoms with E-state index in [1.165, 1.54) is 4.90 Å². The Bertz CT molecular complexity index is 576. The fraction of sp³-hybridized carbons (Fsp3) is 0.353. The van der Waals surface area contributed by atoms with Gasteiger partial charge in [-0.05, 0) is 57.4 Å². The van der Waals surface area contributed by atoms with Gasteiger partial charge in [0, 0.05) is 34.9 Å². The Morgan fingerprint density at radius 1 is 1.14 bits per heavy atom. The van der Waals surface area contributed by atoms with Crippen molar-refractivity contribution in [2.24, 2.45) is 0 Å². The van der Waals surface area contributed by atoms with E-state index in [1.54, 1.807) is 18.0 Å². The van der Waals surface area contributed by atoms with Gasteiger partial charge in [0.15, 0.2) is 0 Å². The zero-order valence-electron chi connectivity index (χ0n) is 13.0. The number of hydrogen-bond acceptors (Lipinski definition) is 4. The molecular weight excluding hydrogens is 280 g/mol. The van der Waals surface area contributed by atoms with Crippen molar-refractivity contribution < 1.29 is 4.74 Å². The predicted octanol–water partition coefficient (Wildman–Crippen LogP) is 4.48. The Morgan fingerprint density at radius 2 is 1.86 bits per heavy atom. The van der Waals surface area contributed by atoms with E-state index in [-0.39, 0.29) is 5.54 Å². The number of hydrogen-bond donors (Lipinski definition) is 1. The van der Waals surface area contributed by atoms with Crippen LogP contribution in [0.1, 0.15) is 26.3 Å². The topological polar surface area (TPSA) is 34.1 Å². The molecule has 112 valence electrons. The molecule has 1 N–H and O–H groups in total. The molecule has 0 saturated heterocycles. The van der Waals surface area contributed by atoms with Crippen molar-refractivity contribution >= 4 is 11.8 Å². The van der Waals surface area contributed by atoms with Crippen LogP contribution in [0.2, 0.25) is 0 Å². The second-order valence-electron chi connectivity index (χ2n) is 5.86. The summed E-state index contributed by atoms with van der Waals surface area (Å²) in [6, 6.07) is 10.0. The fourth-order valence-corrected chi connectivity index (χ4v) is 2.19. The van der Waals surface area contributed by atoms with E-state index in [1.807, 2.05) is 24.4 Å². The zero-order valence-corrected chi connectivity index (χ0v) is 13.8. The van der Waals surface area contributed by atoms with E-state index in [2.05, 4.69) is 49.5 Å². The molecule has 1 aromatic carbocycles. The lowest BCUT2D eigenvalue weighted by Gasteiger charge is -2.21. The number of nitrogens with zero attached hydrogens (tertiary/aromatic N) is 1. The summed E-state index contributed by atoms with van der Waals surface area (Å²) in [6.45, 7) is 7.16. The summed E-state index contributed by atoms with van der Waals surface area (Å²) in [5, 5.41) is 3.46. The van der Waals surface area contributed by atoms with Gasteiger partial charge in [-0.2, -0.15) is 0 Å². The average Bonchev–Trinajstić information content (AvgIpc) is 2.46. The van der Waals surface area contributed by atoms with Crippen LogP contribution in [0.15, 0.2) is 47.6 Å². The number of benzene rings is 1. The highest BCUT2D eigenvalue weighted by Crippen LogP contribution is 2.26. The molecule has 0 amide bonds. The number of nitrogens with one attached hydrogen (secondary N) is 1. The van der Waals surface area contributed by atoms with Gasteiger partial charge in [-0.15, -0.1) is 11.8 Å². The lowest BCUT2D eigenvalue weighted by molar-refractivity contribution is 0.413. The summed E-state index contributed by atoms with van der Waals surface area (Å²) in [4.78, 5) is 5.42. The first-order chi connectivity index (χ1) is 9.98. The Kier molecular flexibility index (Phi) is 5.26. The second-order valence-corrected chi connectivity index (χ2v) is 6.74. The molecule has 2 aromatic rings. The van der Waals surface area contributed by atoms with E-state index in [4.69, 9.17) is 4.74 Å². The van der Waals surface area contributed by atoms with Crippen molar-refractivity contribution in [2.45, 2.75) is 37.8 Å². The third kappa shape index (κ3) is 5.06. The largest absolute Gasteiger partial charge is 0.457 e. The lowest BCUT2D eigenvalue weighted by Crippen LogP contribution is -2.35. The van der Waals surface area contributed by atoms with Crippen LogP contribution in [-0.4, -0.2) is 16.8 Å². The van der Waals surface area contributed by atoms with Gasteiger partial charge in [0.05, 0.1) is 0 Å². The Morgan fingerprint density at radius 3 is 2.48 bits per heavy atom. The first-order valence-electron chi connectivity index (χ1n) is 6.98. The zero-order chi connectivity index (χ0) is 15.3. The molecule has 0 aliphatic carbocycles. The predicted molar refractivity (Wildman–Crippen MR) is 89.1 cm³/mol. The molecule has 0 aliphatic rings. The maximum Gasteiger partial charge on any atom is 0.134 e. The molecule has 0 spiro atoms. The van der Waals surface area contributed by atoms with Crippen LogP contribution in [0.4, 0.5) is 0 Å². The molecule has 4 heteroatoms. The smallest absolute Gasteiger partial charge is 0.134 e. The second kappa shape index (κ2) is 6.96. The van der Waals surface area contributed by atoms with Gasteiger partial charge in [0.1, 0.15) is 11.5 Å². The summed E-state index contributed by atoms with van der Waals surface area (Å²) in [5.41, 5.74) is 1.12. The van der Waals surface area contributed by atoms with E-state index in [0.717, 1.165) is 23.6 Å². The van der Waals surface area contributed by atoms with Gasteiger partial charge in [-0.25, -0.2) is 0 Å². The molecule has 0 aliphatic heterocycles. The van der Waals surface area contributed by atoms with Crippen molar-refractivity contribution in [1.29, 1.82) is 0 Å². The maximum absolute atomic E-state index is 5.98. The first kappa shape index (κ1) is 15.9. The van der Waals surface area contributed by atoms with Gasteiger partial charge < -0.3 is 10.1 Å². The number of thioether (sulfide) groups is 1. The Labute approximate surface area is 131 Å². The molecule has 1 aromatic heterocycles. The monoisotopic (exact) mass is 302 g/mol. The van der Waals surface area contributed by atoms with E-state index in [0.29, 0.717) is 0 Å². The Hall–Kier alpha value is -1.52. The number of rotatable bonds is 5. The third-order valence-corrected chi connectivity index (χ3v) is 3.70. The summed E-state index contributed by atoms with van der Waals surface area (Å²) in [7, 11) is 0. The molecule has 0 saturated carbocycles. The molecule has 21 heavy (non-hydrogen) atoms. The normalized spacial score (nSPS) is 11.4. The quantitative estimate of drug-likeness (QED) is 0.826. The number of aromatic nitrogens is 1. The maximum atomic E-state index is 5.98. The van der Waals surface area contributed by atoms with Crippen molar-refractivity contribution in [1.82, 2.24) is 10.3 Å². The molecule has 0 atom stereocenters. The van der Waals surface area contributed by atoms with Crippen LogP contribution >= 0.6 is 11.8 Å². The minimum atomic E-state index is 0.0626. The van der Waals surface area contributed by atoms with Crippen LogP contribution < -0.4 is 10.1 Å². The van der Waals surface area contributed by atoms with Crippen LogP contribution in [0.3, 0.4) is 0 Å². The van der Waals surface area contributed by atoms with E-state index >= 15 is 0 Å². The van der Waals surface area contributed by atoms with E-state index < -0.39 is 0 Å². The molecule has 1 heterocycles. The Balaban J connectivity index is 2.11. The van der Waals surface area contributed by atoms with Crippen molar-refractivity contribution in [3.63, 3.8) is 0 Å². The van der Waals surface area contributed by atoms with Gasteiger partial charge in [0.2, 0.25) is 0 Å². The summed E-state index contributed by atoms with van der Waals surface area (Å²) >= 11 is 1.72. The minimum absolute atomic E-state index is 0.0626. The van der Waals surface area contributed by atoms with Gasteiger partial charge in [-0.3, -0.25) is 4.98 Å². The van der Waals surface area contributed by atoms with Crippen LogP contribution in [0.5, 0.6) is 11.5 Å². The molecule has 0 bridgehead atoms. The third-order valence-electron chi connectivity index (χ3n) is 2.96. The molecule has 0 radical (unpaired) electrons. The van der Waals surface area contributed by atoms with E-state index in [9.17, 15) is 0 Å². The highest BCUT2D eigenvalue weighted by Gasteiger charge is 2.11. The standard InChI is InChI=1S/C17H22N2OS/c1-17(2,3)19-12-13-11-18-10-9-16(13)20-14-5-7-15(21-4)8-6-14/h5-11,19H,12H2,1-4H3. The molecule has 0 unspecified atom stereocenters. The fourth-order valence-electron chi connectivity index (χ4n) is 1.78. The average molecular weight is 302 g/mol. The summed E-state index contributed by atoms with van der Waals surface area (Å²) in [6.07, 6.45) is 5.67. The van der Waals surface area contributed by atoms with Crippen molar-refractivity contribution in [3.8, 4) is 11.5 Å². The van der Waals surface area contributed by atoms with Crippen molar-refractivity contribution in [3.05, 3.63) is 48.3 Å². The number of ether oxygens (including phenoxy) is 1. The summed E-state index contributed by atoms with van der Waals surface area (Å²) in [5.74, 6) is 1.69. The highest BCUT2D eigenvalue weighted by molar-refractivity contribution is 7.98. The lowest BCUT2D eigenvalue weighted by atomic mass is 10.1. The number of pyridine rings is 1. The van der Waals surface area contributed by atoms with Crippen LogP contribution in [0.25, 0.3) is 0 Å². The van der Waals surface area contributed by atoms with Crippen LogP contribution in [-0.2, 0) is 6.54 Å². The van der Waals surface area contributed by atoms with Gasteiger partial charge in [0.25, 0.3) is 0 Å². The van der Waals surface area contributed by atoms with Gasteiger partial charge >= 0.3 is 0 Å². The van der Waals surface area contributed by atoms with Crippen LogP contribution in [0, 0.1) is 0 Å². The minimum Gasteiger partial charge on any atom is -0.457 e.